The maximum atomic E-state index is 6.47. The Morgan fingerprint density at radius 3 is 1.96 bits per heavy atom. The van der Waals surface area contributed by atoms with Gasteiger partial charge < -0.3 is 4.42 Å². The molecule has 12 rings (SSSR count). The van der Waals surface area contributed by atoms with Crippen molar-refractivity contribution in [2.24, 2.45) is 0 Å². The molecule has 3 heterocycles. The Labute approximate surface area is 313 Å². The molecule has 250 valence electrons. The average Bonchev–Trinajstić information content (AvgIpc) is 3.91. The Bertz CT molecular complexity index is 3340. The molecule has 0 atom stereocenters. The fraction of sp³-hybridized carbons (Fsp3) is 0. The second kappa shape index (κ2) is 11.3. The van der Waals surface area contributed by atoms with Crippen molar-refractivity contribution in [2.75, 3.05) is 0 Å². The molecule has 0 N–H and O–H groups in total. The van der Waals surface area contributed by atoms with Gasteiger partial charge in [-0.1, -0.05) is 133 Å². The lowest BCUT2D eigenvalue weighted by molar-refractivity contribution is 0.669. The lowest BCUT2D eigenvalue weighted by Gasteiger charge is -2.12. The van der Waals surface area contributed by atoms with Crippen LogP contribution < -0.4 is 0 Å². The van der Waals surface area contributed by atoms with Crippen molar-refractivity contribution >= 4 is 64.2 Å². The molecule has 1 aliphatic carbocycles. The Morgan fingerprint density at radius 1 is 0.389 bits per heavy atom. The number of furan rings is 1. The lowest BCUT2D eigenvalue weighted by Crippen LogP contribution is -2.00. The molecule has 0 fully saturated rings. The van der Waals surface area contributed by atoms with Crippen molar-refractivity contribution in [1.82, 2.24) is 15.0 Å². The molecule has 0 aliphatic heterocycles. The van der Waals surface area contributed by atoms with Crippen molar-refractivity contribution < 1.29 is 4.42 Å². The molecular weight excluding hydrogens is 679 g/mol. The predicted octanol–water partition coefficient (Wildman–Crippen LogP) is 13.6. The van der Waals surface area contributed by atoms with Crippen LogP contribution in [0, 0.1) is 0 Å². The first-order valence-electron chi connectivity index (χ1n) is 18.1. The summed E-state index contributed by atoms with van der Waals surface area (Å²) in [6.45, 7) is 0. The number of hydrogen-bond acceptors (Lipinski definition) is 5. The lowest BCUT2D eigenvalue weighted by atomic mass is 9.92. The molecular formula is C49H27N3OS. The van der Waals surface area contributed by atoms with E-state index in [4.69, 9.17) is 19.4 Å². The molecule has 8 aromatic carbocycles. The smallest absolute Gasteiger partial charge is 0.167 e. The Morgan fingerprint density at radius 2 is 1.06 bits per heavy atom. The van der Waals surface area contributed by atoms with E-state index >= 15 is 0 Å². The standard InChI is InChI=1S/C49H27N3OS/c1-2-11-29(12-3-1)47-50-48(52-49(51-47)38-22-9-19-35-32-15-4-5-23-40(32)53-46(35)38)37-21-10-24-42-45(37)39-27-30(25-26-41(39)54-42)31-16-8-18-34-33-17-6-13-28-14-7-20-36(43(28)33)44(31)34/h1-27H. The minimum Gasteiger partial charge on any atom is -0.455 e. The van der Waals surface area contributed by atoms with Crippen LogP contribution in [0.15, 0.2) is 168 Å². The van der Waals surface area contributed by atoms with Crippen molar-refractivity contribution in [3.05, 3.63) is 164 Å². The van der Waals surface area contributed by atoms with Gasteiger partial charge in [0.25, 0.3) is 0 Å². The van der Waals surface area contributed by atoms with Gasteiger partial charge in [0.15, 0.2) is 17.5 Å². The third-order valence-corrected chi connectivity index (χ3v) is 12.0. The summed E-state index contributed by atoms with van der Waals surface area (Å²) in [5.74, 6) is 1.83. The van der Waals surface area contributed by atoms with Crippen molar-refractivity contribution in [3.8, 4) is 67.5 Å². The van der Waals surface area contributed by atoms with Crippen molar-refractivity contribution in [2.45, 2.75) is 0 Å². The number of benzene rings is 8. The molecule has 0 saturated carbocycles. The van der Waals surface area contributed by atoms with E-state index in [0.29, 0.717) is 17.5 Å². The number of fused-ring (bicyclic) bond motifs is 9. The van der Waals surface area contributed by atoms with Crippen LogP contribution in [-0.4, -0.2) is 15.0 Å². The number of thiophene rings is 1. The minimum atomic E-state index is 0.578. The normalized spacial score (nSPS) is 12.1. The minimum absolute atomic E-state index is 0.578. The third-order valence-electron chi connectivity index (χ3n) is 10.9. The number of hydrogen-bond donors (Lipinski definition) is 0. The number of aromatic nitrogens is 3. The van der Waals surface area contributed by atoms with Crippen LogP contribution in [0.25, 0.3) is 120 Å². The van der Waals surface area contributed by atoms with Crippen LogP contribution in [0.3, 0.4) is 0 Å². The molecule has 0 radical (unpaired) electrons. The van der Waals surface area contributed by atoms with Gasteiger partial charge in [0, 0.05) is 42.1 Å². The quantitative estimate of drug-likeness (QED) is 0.183. The highest BCUT2D eigenvalue weighted by molar-refractivity contribution is 7.26. The highest BCUT2D eigenvalue weighted by atomic mass is 32.1. The highest BCUT2D eigenvalue weighted by Gasteiger charge is 2.25. The van der Waals surface area contributed by atoms with E-state index in [1.165, 1.54) is 58.9 Å². The van der Waals surface area contributed by atoms with E-state index in [2.05, 4.69) is 121 Å². The zero-order valence-electron chi connectivity index (χ0n) is 28.7. The van der Waals surface area contributed by atoms with E-state index in [-0.39, 0.29) is 0 Å². The summed E-state index contributed by atoms with van der Waals surface area (Å²) in [6.07, 6.45) is 0. The van der Waals surface area contributed by atoms with Crippen LogP contribution >= 0.6 is 11.3 Å². The van der Waals surface area contributed by atoms with Gasteiger partial charge in [-0.25, -0.2) is 15.0 Å². The van der Waals surface area contributed by atoms with Crippen LogP contribution in [0.4, 0.5) is 0 Å². The zero-order chi connectivity index (χ0) is 35.3. The van der Waals surface area contributed by atoms with Crippen molar-refractivity contribution in [1.29, 1.82) is 0 Å². The monoisotopic (exact) mass is 705 g/mol. The molecule has 1 aliphatic rings. The molecule has 4 nitrogen and oxygen atoms in total. The maximum absolute atomic E-state index is 6.47. The Hall–Kier alpha value is -6.95. The van der Waals surface area contributed by atoms with Gasteiger partial charge in [-0.15, -0.1) is 11.3 Å². The van der Waals surface area contributed by atoms with E-state index in [0.717, 1.165) is 44.0 Å². The topological polar surface area (TPSA) is 51.8 Å². The van der Waals surface area contributed by atoms with Crippen molar-refractivity contribution in [3.63, 3.8) is 0 Å². The number of para-hydroxylation sites is 2. The van der Waals surface area contributed by atoms with E-state index in [1.807, 2.05) is 42.5 Å². The van der Waals surface area contributed by atoms with Crippen LogP contribution in [0.2, 0.25) is 0 Å². The molecule has 0 bridgehead atoms. The maximum Gasteiger partial charge on any atom is 0.167 e. The summed E-state index contributed by atoms with van der Waals surface area (Å²) in [4.78, 5) is 15.5. The molecule has 3 aromatic heterocycles. The Balaban J connectivity index is 1.09. The van der Waals surface area contributed by atoms with E-state index in [9.17, 15) is 0 Å². The van der Waals surface area contributed by atoms with Crippen LogP contribution in [0.1, 0.15) is 0 Å². The SMILES string of the molecule is c1ccc(-c2nc(-c3cccc4c3oc3ccccc34)nc(-c3cccc4sc5ccc(-c6cccc7c6-c6cccc8cccc-7c68)cc5c34)n2)cc1. The Kier molecular flexibility index (Phi) is 6.18. The number of nitrogens with zero attached hydrogens (tertiary/aromatic N) is 3. The molecule has 0 unspecified atom stereocenters. The van der Waals surface area contributed by atoms with Gasteiger partial charge in [0.1, 0.15) is 11.2 Å². The van der Waals surface area contributed by atoms with Crippen LogP contribution in [0.5, 0.6) is 0 Å². The average molecular weight is 706 g/mol. The van der Waals surface area contributed by atoms with Gasteiger partial charge in [-0.2, -0.15) is 0 Å². The molecule has 54 heavy (non-hydrogen) atoms. The largest absolute Gasteiger partial charge is 0.455 e. The van der Waals surface area contributed by atoms with E-state index in [1.54, 1.807) is 11.3 Å². The second-order valence-corrected chi connectivity index (χ2v) is 15.0. The van der Waals surface area contributed by atoms with Gasteiger partial charge in [-0.3, -0.25) is 0 Å². The molecule has 0 amide bonds. The van der Waals surface area contributed by atoms with Gasteiger partial charge >= 0.3 is 0 Å². The number of rotatable bonds is 4. The summed E-state index contributed by atoms with van der Waals surface area (Å²) >= 11 is 1.80. The first-order chi connectivity index (χ1) is 26.8. The fourth-order valence-electron chi connectivity index (χ4n) is 8.52. The highest BCUT2D eigenvalue weighted by Crippen LogP contribution is 2.51. The second-order valence-electron chi connectivity index (χ2n) is 13.9. The zero-order valence-corrected chi connectivity index (χ0v) is 29.6. The first kappa shape index (κ1) is 29.6. The fourth-order valence-corrected chi connectivity index (χ4v) is 9.63. The molecule has 5 heteroatoms. The summed E-state index contributed by atoms with van der Waals surface area (Å²) in [7, 11) is 0. The summed E-state index contributed by atoms with van der Waals surface area (Å²) < 4.78 is 8.89. The van der Waals surface area contributed by atoms with Gasteiger partial charge in [0.05, 0.1) is 5.56 Å². The summed E-state index contributed by atoms with van der Waals surface area (Å²) in [5, 5.41) is 7.06. The van der Waals surface area contributed by atoms with E-state index < -0.39 is 0 Å². The predicted molar refractivity (Wildman–Crippen MR) is 224 cm³/mol. The van der Waals surface area contributed by atoms with Crippen LogP contribution in [-0.2, 0) is 0 Å². The summed E-state index contributed by atoms with van der Waals surface area (Å²) in [6, 6.07) is 57.9. The summed E-state index contributed by atoms with van der Waals surface area (Å²) in [5.41, 5.74) is 12.0. The molecule has 0 saturated heterocycles. The van der Waals surface area contributed by atoms with Gasteiger partial charge in [-0.05, 0) is 74.5 Å². The molecule has 0 spiro atoms. The third kappa shape index (κ3) is 4.27. The molecule has 11 aromatic rings. The van der Waals surface area contributed by atoms with Gasteiger partial charge in [0.2, 0.25) is 0 Å². The first-order valence-corrected chi connectivity index (χ1v) is 18.9.